The number of rotatable bonds is 5. The van der Waals surface area contributed by atoms with Crippen LogP contribution in [0.1, 0.15) is 11.1 Å². The number of nitrogens with zero attached hydrogens (tertiary/aromatic N) is 2. The summed E-state index contributed by atoms with van der Waals surface area (Å²) >= 11 is 18.6. The molecule has 0 saturated carbocycles. The number of hydrogen-bond donors (Lipinski definition) is 2. The molecule has 0 aromatic heterocycles. The summed E-state index contributed by atoms with van der Waals surface area (Å²) in [4.78, 5) is 13.0. The lowest BCUT2D eigenvalue weighted by atomic mass is 10.2. The maximum Gasteiger partial charge on any atom is 0.286 e. The van der Waals surface area contributed by atoms with Gasteiger partial charge in [-0.05, 0) is 36.0 Å². The molecule has 1 aliphatic rings. The van der Waals surface area contributed by atoms with E-state index in [1.807, 2.05) is 0 Å². The third kappa shape index (κ3) is 4.49. The maximum absolute atomic E-state index is 12.8. The molecule has 2 aromatic carbocycles. The largest absolute Gasteiger partial charge is 0.504 e. The maximum atomic E-state index is 12.8. The fourth-order valence-corrected chi connectivity index (χ4v) is 4.06. The van der Waals surface area contributed by atoms with Crippen LogP contribution in [0.15, 0.2) is 34.3 Å². The number of amides is 1. The number of halogens is 2. The molecule has 0 atom stereocenters. The highest BCUT2D eigenvalue weighted by Gasteiger charge is 2.32. The number of ether oxygens (including phenoxy) is 2. The predicted octanol–water partition coefficient (Wildman–Crippen LogP) is 4.66. The first kappa shape index (κ1) is 22.2. The molecule has 0 aliphatic carbocycles. The van der Waals surface area contributed by atoms with Crippen LogP contribution in [-0.4, -0.2) is 45.9 Å². The van der Waals surface area contributed by atoms with Gasteiger partial charge in [-0.2, -0.15) is 10.1 Å². The van der Waals surface area contributed by atoms with Gasteiger partial charge in [0.2, 0.25) is 0 Å². The summed E-state index contributed by atoms with van der Waals surface area (Å²) in [6, 6.07) is 5.63. The molecule has 1 saturated heterocycles. The lowest BCUT2D eigenvalue weighted by molar-refractivity contribution is -0.122. The standard InChI is InChI=1S/C19H14Cl2N2O5S2/c1-27-15-3-9(11(20)6-13(15)24)5-17-18(26)23(19(29)30-17)22-8-10-4-16(28-2)14(25)7-12(10)21/h3-8,24-25H,1-2H3/b17-5-,22-8?. The van der Waals surface area contributed by atoms with E-state index in [0.29, 0.717) is 16.0 Å². The molecule has 1 aliphatic heterocycles. The first-order chi connectivity index (χ1) is 14.2. The Kier molecular flexibility index (Phi) is 6.77. The minimum Gasteiger partial charge on any atom is -0.504 e. The first-order valence-electron chi connectivity index (χ1n) is 8.20. The Morgan fingerprint density at radius 3 is 2.13 bits per heavy atom. The number of phenols is 2. The topological polar surface area (TPSA) is 91.6 Å². The molecule has 2 aromatic rings. The number of aromatic hydroxyl groups is 2. The Bertz CT molecular complexity index is 1100. The van der Waals surface area contributed by atoms with Gasteiger partial charge in [0.25, 0.3) is 5.91 Å². The molecule has 3 rings (SSSR count). The smallest absolute Gasteiger partial charge is 0.286 e. The molecule has 11 heteroatoms. The van der Waals surface area contributed by atoms with Crippen molar-refractivity contribution in [2.24, 2.45) is 5.10 Å². The second-order valence-electron chi connectivity index (χ2n) is 5.83. The van der Waals surface area contributed by atoms with E-state index in [2.05, 4.69) is 5.10 Å². The number of carbonyl (C=O) groups excluding carboxylic acids is 1. The lowest BCUT2D eigenvalue weighted by Crippen LogP contribution is -2.22. The number of phenolic OH excluding ortho intramolecular Hbond substituents is 2. The van der Waals surface area contributed by atoms with Crippen molar-refractivity contribution in [3.05, 3.63) is 50.3 Å². The Hall–Kier alpha value is -2.46. The molecule has 30 heavy (non-hydrogen) atoms. The van der Waals surface area contributed by atoms with Gasteiger partial charge in [-0.15, -0.1) is 0 Å². The number of benzene rings is 2. The SMILES string of the molecule is COc1cc(C=NN2C(=O)/C(=C/c3cc(OC)c(O)cc3Cl)SC2=S)c(Cl)cc1O. The molecule has 0 spiro atoms. The van der Waals surface area contributed by atoms with Crippen molar-refractivity contribution in [3.63, 3.8) is 0 Å². The number of thiocarbonyl (C=S) groups is 1. The number of hydrazone groups is 1. The van der Waals surface area contributed by atoms with Crippen LogP contribution in [0.25, 0.3) is 6.08 Å². The van der Waals surface area contributed by atoms with Gasteiger partial charge in [0.05, 0.1) is 35.4 Å². The number of carbonyl (C=O) groups is 1. The van der Waals surface area contributed by atoms with E-state index >= 15 is 0 Å². The van der Waals surface area contributed by atoms with Crippen LogP contribution in [0.3, 0.4) is 0 Å². The normalized spacial score (nSPS) is 15.5. The summed E-state index contributed by atoms with van der Waals surface area (Å²) in [5.74, 6) is -0.254. The fraction of sp³-hybridized carbons (Fsp3) is 0.105. The second kappa shape index (κ2) is 9.13. The van der Waals surface area contributed by atoms with Crippen LogP contribution in [0.4, 0.5) is 0 Å². The van der Waals surface area contributed by atoms with Crippen LogP contribution >= 0.6 is 47.2 Å². The average Bonchev–Trinajstić information content (AvgIpc) is 2.96. The van der Waals surface area contributed by atoms with Gasteiger partial charge in [0.15, 0.2) is 27.3 Å². The zero-order chi connectivity index (χ0) is 22.0. The fourth-order valence-electron chi connectivity index (χ4n) is 2.47. The van der Waals surface area contributed by atoms with Gasteiger partial charge in [-0.25, -0.2) is 0 Å². The zero-order valence-electron chi connectivity index (χ0n) is 15.6. The molecule has 1 heterocycles. The lowest BCUT2D eigenvalue weighted by Gasteiger charge is -2.09. The van der Waals surface area contributed by atoms with Crippen LogP contribution in [0.2, 0.25) is 10.0 Å². The molecule has 7 nitrogen and oxygen atoms in total. The van der Waals surface area contributed by atoms with Gasteiger partial charge < -0.3 is 19.7 Å². The monoisotopic (exact) mass is 484 g/mol. The van der Waals surface area contributed by atoms with Gasteiger partial charge in [-0.1, -0.05) is 35.0 Å². The predicted molar refractivity (Wildman–Crippen MR) is 122 cm³/mol. The van der Waals surface area contributed by atoms with E-state index in [1.54, 1.807) is 0 Å². The molecule has 2 N–H and O–H groups in total. The van der Waals surface area contributed by atoms with Crippen molar-refractivity contribution in [1.29, 1.82) is 0 Å². The van der Waals surface area contributed by atoms with E-state index in [-0.39, 0.29) is 37.4 Å². The summed E-state index contributed by atoms with van der Waals surface area (Å²) in [6.45, 7) is 0. The third-order valence-electron chi connectivity index (χ3n) is 3.97. The van der Waals surface area contributed by atoms with Gasteiger partial charge in [0, 0.05) is 17.7 Å². The molecular weight excluding hydrogens is 471 g/mol. The summed E-state index contributed by atoms with van der Waals surface area (Å²) in [7, 11) is 2.81. The van der Waals surface area contributed by atoms with Crippen molar-refractivity contribution in [2.45, 2.75) is 0 Å². The van der Waals surface area contributed by atoms with E-state index in [0.717, 1.165) is 16.8 Å². The molecule has 0 unspecified atom stereocenters. The Balaban J connectivity index is 1.89. The van der Waals surface area contributed by atoms with E-state index < -0.39 is 5.91 Å². The van der Waals surface area contributed by atoms with Crippen LogP contribution < -0.4 is 9.47 Å². The first-order valence-corrected chi connectivity index (χ1v) is 10.2. The minimum atomic E-state index is -0.453. The molecular formula is C19H14Cl2N2O5S2. The zero-order valence-corrected chi connectivity index (χ0v) is 18.7. The van der Waals surface area contributed by atoms with Gasteiger partial charge >= 0.3 is 0 Å². The Morgan fingerprint density at radius 2 is 1.57 bits per heavy atom. The van der Waals surface area contributed by atoms with E-state index in [4.69, 9.17) is 44.9 Å². The highest BCUT2D eigenvalue weighted by Crippen LogP contribution is 2.38. The van der Waals surface area contributed by atoms with Crippen molar-refractivity contribution < 1.29 is 24.5 Å². The van der Waals surface area contributed by atoms with E-state index in [1.165, 1.54) is 50.8 Å². The molecule has 1 amide bonds. The molecule has 1 fully saturated rings. The van der Waals surface area contributed by atoms with Crippen LogP contribution in [0.5, 0.6) is 23.0 Å². The number of methoxy groups -OCH3 is 2. The van der Waals surface area contributed by atoms with E-state index in [9.17, 15) is 15.0 Å². The van der Waals surface area contributed by atoms with Crippen molar-refractivity contribution in [2.75, 3.05) is 14.2 Å². The summed E-state index contributed by atoms with van der Waals surface area (Å²) in [6.07, 6.45) is 2.88. The van der Waals surface area contributed by atoms with Crippen molar-refractivity contribution in [1.82, 2.24) is 5.01 Å². The Labute approximate surface area is 191 Å². The highest BCUT2D eigenvalue weighted by molar-refractivity contribution is 8.26. The van der Waals surface area contributed by atoms with Crippen LogP contribution in [-0.2, 0) is 4.79 Å². The van der Waals surface area contributed by atoms with Gasteiger partial charge in [0.1, 0.15) is 0 Å². The molecule has 0 radical (unpaired) electrons. The minimum absolute atomic E-state index is 0.113. The summed E-state index contributed by atoms with van der Waals surface area (Å²) in [5, 5.41) is 25.2. The van der Waals surface area contributed by atoms with Gasteiger partial charge in [-0.3, -0.25) is 4.79 Å². The number of hydrogen-bond acceptors (Lipinski definition) is 8. The Morgan fingerprint density at radius 1 is 1.03 bits per heavy atom. The average molecular weight is 485 g/mol. The van der Waals surface area contributed by atoms with Crippen molar-refractivity contribution in [3.8, 4) is 23.0 Å². The third-order valence-corrected chi connectivity index (χ3v) is 5.91. The van der Waals surface area contributed by atoms with Crippen LogP contribution in [0, 0.1) is 0 Å². The quantitative estimate of drug-likeness (QED) is 0.362. The number of thioether (sulfide) groups is 1. The molecule has 156 valence electrons. The molecule has 0 bridgehead atoms. The highest BCUT2D eigenvalue weighted by atomic mass is 35.5. The second-order valence-corrected chi connectivity index (χ2v) is 8.32. The summed E-state index contributed by atoms with van der Waals surface area (Å²) < 4.78 is 10.3. The summed E-state index contributed by atoms with van der Waals surface area (Å²) in [5.41, 5.74) is 0.901. The van der Waals surface area contributed by atoms with Crippen molar-refractivity contribution >= 4 is 69.7 Å².